The van der Waals surface area contributed by atoms with Crippen LogP contribution in [-0.2, 0) is 21.1 Å². The van der Waals surface area contributed by atoms with Crippen molar-refractivity contribution in [2.45, 2.75) is 31.1 Å². The molecule has 2 aromatic rings. The summed E-state index contributed by atoms with van der Waals surface area (Å²) >= 11 is 1.40. The van der Waals surface area contributed by atoms with Crippen LogP contribution in [-0.4, -0.2) is 48.9 Å². The lowest BCUT2D eigenvalue weighted by molar-refractivity contribution is -0.117. The van der Waals surface area contributed by atoms with Crippen LogP contribution in [0.3, 0.4) is 0 Å². The fourth-order valence-electron chi connectivity index (χ4n) is 3.79. The van der Waals surface area contributed by atoms with Gasteiger partial charge >= 0.3 is 0 Å². The van der Waals surface area contributed by atoms with Gasteiger partial charge in [-0.05, 0) is 43.2 Å². The Kier molecular flexibility index (Phi) is 6.15. The summed E-state index contributed by atoms with van der Waals surface area (Å²) in [6.07, 6.45) is 0.949. The minimum atomic E-state index is -3.09. The Morgan fingerprint density at radius 3 is 2.57 bits per heavy atom. The van der Waals surface area contributed by atoms with Crippen LogP contribution in [0.2, 0.25) is 0 Å². The number of carbonyl (C=O) groups excluding carboxylic acids is 1. The number of thioether (sulfide) groups is 1. The number of aliphatic imine (C=N–C) groups is 1. The topological polar surface area (TPSA) is 76.0 Å². The summed E-state index contributed by atoms with van der Waals surface area (Å²) in [5.41, 5.74) is 1.92. The van der Waals surface area contributed by atoms with Crippen molar-refractivity contribution in [2.75, 3.05) is 23.0 Å². The van der Waals surface area contributed by atoms with Gasteiger partial charge in [0.1, 0.15) is 5.75 Å². The van der Waals surface area contributed by atoms with Crippen molar-refractivity contribution in [3.05, 3.63) is 60.2 Å². The molecule has 2 saturated heterocycles. The number of fused-ring (bicyclic) bond motifs is 1. The summed E-state index contributed by atoms with van der Waals surface area (Å²) in [5, 5.41) is 0.476. The van der Waals surface area contributed by atoms with Crippen LogP contribution in [0.1, 0.15) is 18.9 Å². The first-order valence-corrected chi connectivity index (χ1v) is 12.7. The highest BCUT2D eigenvalue weighted by atomic mass is 32.2. The van der Waals surface area contributed by atoms with Crippen LogP contribution in [0.15, 0.2) is 59.6 Å². The van der Waals surface area contributed by atoms with Gasteiger partial charge in [0.25, 0.3) is 0 Å². The number of nitrogens with zero attached hydrogens (tertiary/aromatic N) is 2. The molecular formula is C22H24N2O4S2. The Labute approximate surface area is 181 Å². The summed E-state index contributed by atoms with van der Waals surface area (Å²) in [6, 6.07) is 17.1. The lowest BCUT2D eigenvalue weighted by Crippen LogP contribution is -2.37. The van der Waals surface area contributed by atoms with E-state index in [-0.39, 0.29) is 28.7 Å². The predicted octanol–water partition coefficient (Wildman–Crippen LogP) is 3.32. The monoisotopic (exact) mass is 444 g/mol. The molecule has 0 N–H and O–H groups in total. The van der Waals surface area contributed by atoms with Crippen molar-refractivity contribution < 1.29 is 17.9 Å². The Morgan fingerprint density at radius 1 is 1.13 bits per heavy atom. The SMILES string of the molecule is CCOc1ccc(N2C(=NC(=O)CCc3ccccc3)S[C@@H]3CS(=O)(=O)C[C@H]32)cc1. The molecule has 0 radical (unpaired) electrons. The number of amides is 1. The van der Waals surface area contributed by atoms with E-state index >= 15 is 0 Å². The molecule has 2 aromatic carbocycles. The van der Waals surface area contributed by atoms with Crippen molar-refractivity contribution in [1.29, 1.82) is 0 Å². The van der Waals surface area contributed by atoms with E-state index in [9.17, 15) is 13.2 Å². The average molecular weight is 445 g/mol. The second-order valence-corrected chi connectivity index (χ2v) is 10.7. The van der Waals surface area contributed by atoms with Crippen LogP contribution in [0.4, 0.5) is 5.69 Å². The molecule has 0 aliphatic carbocycles. The zero-order valence-corrected chi connectivity index (χ0v) is 18.4. The van der Waals surface area contributed by atoms with Gasteiger partial charge in [0, 0.05) is 17.4 Å². The van der Waals surface area contributed by atoms with Gasteiger partial charge in [-0.15, -0.1) is 0 Å². The van der Waals surface area contributed by atoms with Crippen molar-refractivity contribution in [2.24, 2.45) is 4.99 Å². The second kappa shape index (κ2) is 8.81. The molecule has 0 aromatic heterocycles. The summed E-state index contributed by atoms with van der Waals surface area (Å²) in [5.74, 6) is 0.753. The smallest absolute Gasteiger partial charge is 0.248 e. The number of benzene rings is 2. The largest absolute Gasteiger partial charge is 0.494 e. The van der Waals surface area contributed by atoms with Crippen LogP contribution < -0.4 is 9.64 Å². The Balaban J connectivity index is 1.56. The number of sulfone groups is 1. The maximum absolute atomic E-state index is 12.6. The zero-order chi connectivity index (χ0) is 21.1. The Hall–Kier alpha value is -2.32. The summed E-state index contributed by atoms with van der Waals surface area (Å²) in [6.45, 7) is 2.50. The molecule has 2 aliphatic rings. The third-order valence-corrected chi connectivity index (χ3v) is 8.39. The molecule has 30 heavy (non-hydrogen) atoms. The van der Waals surface area contributed by atoms with Crippen LogP contribution >= 0.6 is 11.8 Å². The number of hydrogen-bond acceptors (Lipinski definition) is 5. The lowest BCUT2D eigenvalue weighted by Gasteiger charge is -2.24. The first-order valence-electron chi connectivity index (χ1n) is 10.00. The van der Waals surface area contributed by atoms with Gasteiger partial charge in [0.05, 0.1) is 24.2 Å². The van der Waals surface area contributed by atoms with Gasteiger partial charge in [-0.1, -0.05) is 42.1 Å². The van der Waals surface area contributed by atoms with Gasteiger partial charge in [-0.3, -0.25) is 4.79 Å². The molecule has 158 valence electrons. The normalized spacial score (nSPS) is 23.5. The number of rotatable bonds is 6. The molecular weight excluding hydrogens is 420 g/mol. The van der Waals surface area contributed by atoms with Crippen molar-refractivity contribution in [1.82, 2.24) is 0 Å². The highest BCUT2D eigenvalue weighted by molar-refractivity contribution is 8.16. The van der Waals surface area contributed by atoms with Crippen molar-refractivity contribution >= 4 is 38.4 Å². The first kappa shape index (κ1) is 20.9. The maximum Gasteiger partial charge on any atom is 0.248 e. The van der Waals surface area contributed by atoms with Gasteiger partial charge < -0.3 is 9.64 Å². The molecule has 6 nitrogen and oxygen atoms in total. The van der Waals surface area contributed by atoms with E-state index < -0.39 is 9.84 Å². The van der Waals surface area contributed by atoms with Crippen LogP contribution in [0.25, 0.3) is 0 Å². The quantitative estimate of drug-likeness (QED) is 0.680. The lowest BCUT2D eigenvalue weighted by atomic mass is 10.1. The number of carbonyl (C=O) groups is 1. The zero-order valence-electron chi connectivity index (χ0n) is 16.7. The molecule has 0 unspecified atom stereocenters. The minimum Gasteiger partial charge on any atom is -0.494 e. The second-order valence-electron chi connectivity index (χ2n) is 7.37. The van der Waals surface area contributed by atoms with Gasteiger partial charge in [-0.25, -0.2) is 8.42 Å². The third-order valence-electron chi connectivity index (χ3n) is 5.18. The van der Waals surface area contributed by atoms with Crippen LogP contribution in [0.5, 0.6) is 5.75 Å². The average Bonchev–Trinajstić information content (AvgIpc) is 3.19. The minimum absolute atomic E-state index is 0.0785. The number of hydrogen-bond donors (Lipinski definition) is 0. The fourth-order valence-corrected chi connectivity index (χ4v) is 7.73. The van der Waals surface area contributed by atoms with E-state index in [2.05, 4.69) is 4.99 Å². The fraction of sp³-hybridized carbons (Fsp3) is 0.364. The molecule has 2 aliphatic heterocycles. The number of aryl methyl sites for hydroxylation is 1. The third kappa shape index (κ3) is 4.70. The number of anilines is 1. The van der Waals surface area contributed by atoms with E-state index in [4.69, 9.17) is 4.74 Å². The van der Waals surface area contributed by atoms with E-state index in [0.717, 1.165) is 17.0 Å². The molecule has 2 heterocycles. The standard InChI is InChI=1S/C22H24N2O4S2/c1-2-28-18-11-9-17(10-12-18)24-19-14-30(26,27)15-20(19)29-22(24)23-21(25)13-8-16-6-4-3-5-7-16/h3-7,9-12,19-20H,2,8,13-15H2,1H3/t19-,20-/m1/s1. The maximum atomic E-state index is 12.6. The van der Waals surface area contributed by atoms with Gasteiger partial charge in [0.2, 0.25) is 5.91 Å². The Bertz CT molecular complexity index is 1040. The molecule has 8 heteroatoms. The molecule has 0 bridgehead atoms. The molecule has 2 atom stereocenters. The first-order chi connectivity index (χ1) is 14.4. The van der Waals surface area contributed by atoms with E-state index in [1.807, 2.05) is 66.4 Å². The summed E-state index contributed by atoms with van der Waals surface area (Å²) < 4.78 is 29.9. The summed E-state index contributed by atoms with van der Waals surface area (Å²) in [4.78, 5) is 18.9. The van der Waals surface area contributed by atoms with Crippen LogP contribution in [0, 0.1) is 0 Å². The highest BCUT2D eigenvalue weighted by Crippen LogP contribution is 2.41. The summed E-state index contributed by atoms with van der Waals surface area (Å²) in [7, 11) is -3.09. The molecule has 2 fully saturated rings. The Morgan fingerprint density at radius 2 is 1.87 bits per heavy atom. The molecule has 0 saturated carbocycles. The predicted molar refractivity (Wildman–Crippen MR) is 121 cm³/mol. The molecule has 0 spiro atoms. The van der Waals surface area contributed by atoms with E-state index in [0.29, 0.717) is 24.6 Å². The van der Waals surface area contributed by atoms with E-state index in [1.54, 1.807) is 0 Å². The number of ether oxygens (including phenoxy) is 1. The molecule has 4 rings (SSSR count). The van der Waals surface area contributed by atoms with E-state index in [1.165, 1.54) is 11.8 Å². The molecule has 1 amide bonds. The van der Waals surface area contributed by atoms with Crippen molar-refractivity contribution in [3.8, 4) is 5.75 Å². The highest BCUT2D eigenvalue weighted by Gasteiger charge is 2.49. The van der Waals surface area contributed by atoms with Gasteiger partial charge in [0.15, 0.2) is 15.0 Å². The van der Waals surface area contributed by atoms with Gasteiger partial charge in [-0.2, -0.15) is 4.99 Å². The van der Waals surface area contributed by atoms with Crippen molar-refractivity contribution in [3.63, 3.8) is 0 Å². The number of amidine groups is 1.